The zero-order chi connectivity index (χ0) is 14.8. The van der Waals surface area contributed by atoms with E-state index in [2.05, 4.69) is 45.0 Å². The third kappa shape index (κ3) is 3.28. The lowest BCUT2D eigenvalue weighted by atomic mass is 9.87. The van der Waals surface area contributed by atoms with E-state index in [0.717, 1.165) is 10.6 Å². The summed E-state index contributed by atoms with van der Waals surface area (Å²) in [4.78, 5) is 2.20. The van der Waals surface area contributed by atoms with E-state index >= 15 is 0 Å². The van der Waals surface area contributed by atoms with Crippen molar-refractivity contribution in [2.45, 2.75) is 36.0 Å². The van der Waals surface area contributed by atoms with Gasteiger partial charge in [-0.1, -0.05) is 50.7 Å². The minimum Gasteiger partial charge on any atom is -0.495 e. The third-order valence-corrected chi connectivity index (χ3v) is 4.28. The molecule has 0 amide bonds. The van der Waals surface area contributed by atoms with Crippen LogP contribution in [0.25, 0.3) is 0 Å². The molecule has 20 heavy (non-hydrogen) atoms. The van der Waals surface area contributed by atoms with Crippen molar-refractivity contribution in [3.8, 4) is 5.75 Å². The van der Waals surface area contributed by atoms with Gasteiger partial charge >= 0.3 is 0 Å². The molecule has 2 aromatic carbocycles. The zero-order valence-electron chi connectivity index (χ0n) is 12.4. The predicted molar refractivity (Wildman–Crippen MR) is 86.7 cm³/mol. The highest BCUT2D eigenvalue weighted by molar-refractivity contribution is 7.99. The first-order valence-electron chi connectivity index (χ1n) is 6.62. The SMILES string of the molecule is COc1cccc(Sc2ccc(C(C)(C)C)cc2)c1N. The quantitative estimate of drug-likeness (QED) is 0.829. The molecule has 0 aliphatic carbocycles. The number of hydrogen-bond donors (Lipinski definition) is 1. The van der Waals surface area contributed by atoms with Gasteiger partial charge in [-0.25, -0.2) is 0 Å². The Morgan fingerprint density at radius 1 is 1.00 bits per heavy atom. The fraction of sp³-hybridized carbons (Fsp3) is 0.294. The summed E-state index contributed by atoms with van der Waals surface area (Å²) in [5.41, 5.74) is 8.30. The second-order valence-electron chi connectivity index (χ2n) is 5.75. The van der Waals surface area contributed by atoms with Gasteiger partial charge in [-0.05, 0) is 35.2 Å². The molecule has 0 radical (unpaired) electrons. The van der Waals surface area contributed by atoms with Crippen molar-refractivity contribution in [1.82, 2.24) is 0 Å². The van der Waals surface area contributed by atoms with Crippen LogP contribution in [0, 0.1) is 0 Å². The van der Waals surface area contributed by atoms with Crippen LogP contribution >= 0.6 is 11.8 Å². The Bertz CT molecular complexity index is 585. The molecule has 0 aliphatic rings. The smallest absolute Gasteiger partial charge is 0.142 e. The maximum atomic E-state index is 6.10. The first-order valence-corrected chi connectivity index (χ1v) is 7.44. The van der Waals surface area contributed by atoms with Crippen molar-refractivity contribution in [2.24, 2.45) is 0 Å². The van der Waals surface area contributed by atoms with Crippen LogP contribution in [0.5, 0.6) is 5.75 Å². The number of para-hydroxylation sites is 1. The Morgan fingerprint density at radius 3 is 2.20 bits per heavy atom. The number of ether oxygens (including phenoxy) is 1. The lowest BCUT2D eigenvalue weighted by molar-refractivity contribution is 0.416. The molecule has 0 aliphatic heterocycles. The Morgan fingerprint density at radius 2 is 1.65 bits per heavy atom. The Kier molecular flexibility index (Phi) is 4.29. The first-order chi connectivity index (χ1) is 9.41. The van der Waals surface area contributed by atoms with Crippen molar-refractivity contribution in [2.75, 3.05) is 12.8 Å². The van der Waals surface area contributed by atoms with Crippen LogP contribution in [-0.2, 0) is 5.41 Å². The summed E-state index contributed by atoms with van der Waals surface area (Å²) in [6, 6.07) is 14.5. The van der Waals surface area contributed by atoms with E-state index in [1.165, 1.54) is 10.5 Å². The maximum Gasteiger partial charge on any atom is 0.142 e. The van der Waals surface area contributed by atoms with Crippen molar-refractivity contribution < 1.29 is 4.74 Å². The van der Waals surface area contributed by atoms with Gasteiger partial charge < -0.3 is 10.5 Å². The standard InChI is InChI=1S/C17H21NOS/c1-17(2,3)12-8-10-13(11-9-12)20-15-7-5-6-14(19-4)16(15)18/h5-11H,18H2,1-4H3. The zero-order valence-corrected chi connectivity index (χ0v) is 13.3. The van der Waals surface area contributed by atoms with Gasteiger partial charge in [0.15, 0.2) is 0 Å². The minimum absolute atomic E-state index is 0.179. The maximum absolute atomic E-state index is 6.10. The summed E-state index contributed by atoms with van der Waals surface area (Å²) in [7, 11) is 1.64. The Labute approximate surface area is 125 Å². The molecule has 2 aromatic rings. The molecule has 2 N–H and O–H groups in total. The van der Waals surface area contributed by atoms with E-state index < -0.39 is 0 Å². The molecule has 0 aromatic heterocycles. The molecule has 0 atom stereocenters. The summed E-state index contributed by atoms with van der Waals surface area (Å²) in [6.45, 7) is 6.65. The summed E-state index contributed by atoms with van der Waals surface area (Å²) >= 11 is 1.66. The predicted octanol–water partition coefficient (Wildman–Crippen LogP) is 4.73. The van der Waals surface area contributed by atoms with Gasteiger partial charge in [0.1, 0.15) is 5.75 Å². The van der Waals surface area contributed by atoms with E-state index in [0.29, 0.717) is 5.69 Å². The number of nitrogen functional groups attached to an aromatic ring is 1. The average Bonchev–Trinajstić information content (AvgIpc) is 2.41. The van der Waals surface area contributed by atoms with Crippen LogP contribution in [0.3, 0.4) is 0 Å². The van der Waals surface area contributed by atoms with Crippen molar-refractivity contribution in [3.63, 3.8) is 0 Å². The summed E-state index contributed by atoms with van der Waals surface area (Å²) in [5, 5.41) is 0. The largest absolute Gasteiger partial charge is 0.495 e. The molecule has 0 saturated heterocycles. The minimum atomic E-state index is 0.179. The second-order valence-corrected chi connectivity index (χ2v) is 6.86. The second kappa shape index (κ2) is 5.80. The van der Waals surface area contributed by atoms with E-state index in [1.807, 2.05) is 18.2 Å². The number of rotatable bonds is 3. The van der Waals surface area contributed by atoms with Crippen molar-refractivity contribution in [1.29, 1.82) is 0 Å². The van der Waals surface area contributed by atoms with Crippen LogP contribution in [0.1, 0.15) is 26.3 Å². The van der Waals surface area contributed by atoms with E-state index in [-0.39, 0.29) is 5.41 Å². The summed E-state index contributed by atoms with van der Waals surface area (Å²) < 4.78 is 5.25. The third-order valence-electron chi connectivity index (χ3n) is 3.19. The van der Waals surface area contributed by atoms with Crippen LogP contribution < -0.4 is 10.5 Å². The van der Waals surface area contributed by atoms with Gasteiger partial charge in [0.25, 0.3) is 0 Å². The molecule has 0 heterocycles. The van der Waals surface area contributed by atoms with E-state index in [9.17, 15) is 0 Å². The molecule has 0 spiro atoms. The number of methoxy groups -OCH3 is 1. The lowest BCUT2D eigenvalue weighted by Crippen LogP contribution is -2.10. The first kappa shape index (κ1) is 14.8. The highest BCUT2D eigenvalue weighted by Gasteiger charge is 2.13. The molecule has 0 bridgehead atoms. The van der Waals surface area contributed by atoms with Gasteiger partial charge in [0, 0.05) is 9.79 Å². The van der Waals surface area contributed by atoms with Gasteiger partial charge in [0.05, 0.1) is 12.8 Å². The Hall–Kier alpha value is -1.61. The van der Waals surface area contributed by atoms with Gasteiger partial charge in [-0.15, -0.1) is 0 Å². The van der Waals surface area contributed by atoms with Crippen LogP contribution in [0.4, 0.5) is 5.69 Å². The molecule has 0 fully saturated rings. The molecule has 0 unspecified atom stereocenters. The summed E-state index contributed by atoms with van der Waals surface area (Å²) in [6.07, 6.45) is 0. The topological polar surface area (TPSA) is 35.2 Å². The van der Waals surface area contributed by atoms with E-state index in [4.69, 9.17) is 10.5 Å². The van der Waals surface area contributed by atoms with Crippen LogP contribution in [0.15, 0.2) is 52.3 Å². The van der Waals surface area contributed by atoms with Gasteiger partial charge in [-0.3, -0.25) is 0 Å². The monoisotopic (exact) mass is 287 g/mol. The molecular weight excluding hydrogens is 266 g/mol. The van der Waals surface area contributed by atoms with E-state index in [1.54, 1.807) is 18.9 Å². The van der Waals surface area contributed by atoms with Gasteiger partial charge in [0.2, 0.25) is 0 Å². The number of hydrogen-bond acceptors (Lipinski definition) is 3. The fourth-order valence-corrected chi connectivity index (χ4v) is 2.82. The highest BCUT2D eigenvalue weighted by Crippen LogP contribution is 2.37. The molecular formula is C17H21NOS. The lowest BCUT2D eigenvalue weighted by Gasteiger charge is -2.19. The fourth-order valence-electron chi connectivity index (χ4n) is 1.94. The summed E-state index contributed by atoms with van der Waals surface area (Å²) in [5.74, 6) is 0.723. The number of nitrogens with two attached hydrogens (primary N) is 1. The molecule has 2 nitrogen and oxygen atoms in total. The van der Waals surface area contributed by atoms with Crippen molar-refractivity contribution >= 4 is 17.4 Å². The number of benzene rings is 2. The average molecular weight is 287 g/mol. The van der Waals surface area contributed by atoms with Gasteiger partial charge in [-0.2, -0.15) is 0 Å². The highest BCUT2D eigenvalue weighted by atomic mass is 32.2. The molecule has 3 heteroatoms. The van der Waals surface area contributed by atoms with Crippen LogP contribution in [-0.4, -0.2) is 7.11 Å². The van der Waals surface area contributed by atoms with Crippen molar-refractivity contribution in [3.05, 3.63) is 48.0 Å². The normalized spacial score (nSPS) is 11.4. The molecule has 106 valence electrons. The van der Waals surface area contributed by atoms with Crippen LogP contribution in [0.2, 0.25) is 0 Å². The molecule has 0 saturated carbocycles. The molecule has 2 rings (SSSR count). The Balaban J connectivity index is 2.23. The number of anilines is 1.